The highest BCUT2D eigenvalue weighted by Crippen LogP contribution is 2.30. The fraction of sp³-hybridized carbons (Fsp3) is 0.571. The highest BCUT2D eigenvalue weighted by Gasteiger charge is 2.21. The number of aliphatic hydroxyl groups excluding tert-OH is 1. The molecule has 4 heteroatoms. The van der Waals surface area contributed by atoms with Gasteiger partial charge in [-0.2, -0.15) is 0 Å². The van der Waals surface area contributed by atoms with Crippen molar-refractivity contribution in [1.82, 2.24) is 5.32 Å². The van der Waals surface area contributed by atoms with E-state index in [1.807, 2.05) is 19.1 Å². The lowest BCUT2D eigenvalue weighted by molar-refractivity contribution is 0.103. The minimum atomic E-state index is -0.402. The van der Waals surface area contributed by atoms with E-state index in [1.54, 1.807) is 0 Å². The van der Waals surface area contributed by atoms with Gasteiger partial charge >= 0.3 is 0 Å². The largest absolute Gasteiger partial charge is 0.489 e. The molecule has 0 aromatic heterocycles. The topological polar surface area (TPSA) is 41.5 Å². The number of hydrogen-bond acceptors (Lipinski definition) is 3. The predicted octanol–water partition coefficient (Wildman–Crippen LogP) is 2.85. The van der Waals surface area contributed by atoms with Gasteiger partial charge in [0.2, 0.25) is 0 Å². The minimum Gasteiger partial charge on any atom is -0.489 e. The quantitative estimate of drug-likeness (QED) is 0.813. The zero-order valence-electron chi connectivity index (χ0n) is 10.7. The van der Waals surface area contributed by atoms with Crippen LogP contribution in [0.2, 0.25) is 0 Å². The zero-order valence-corrected chi connectivity index (χ0v) is 12.2. The molecule has 1 aliphatic rings. The summed E-state index contributed by atoms with van der Waals surface area (Å²) < 4.78 is 6.68. The lowest BCUT2D eigenvalue weighted by Crippen LogP contribution is -2.19. The Hall–Kier alpha value is -0.580. The van der Waals surface area contributed by atoms with E-state index in [9.17, 15) is 5.11 Å². The molecule has 1 atom stereocenters. The van der Waals surface area contributed by atoms with Crippen LogP contribution >= 0.6 is 15.9 Å². The summed E-state index contributed by atoms with van der Waals surface area (Å²) in [4.78, 5) is 0. The summed E-state index contributed by atoms with van der Waals surface area (Å²) in [5.41, 5.74) is 1.14. The Morgan fingerprint density at radius 2 is 2.28 bits per heavy atom. The van der Waals surface area contributed by atoms with Gasteiger partial charge in [-0.15, -0.1) is 0 Å². The third-order valence-electron chi connectivity index (χ3n) is 3.10. The second kappa shape index (κ2) is 6.55. The molecule has 18 heavy (non-hydrogen) atoms. The van der Waals surface area contributed by atoms with Crippen LogP contribution in [0, 0.1) is 0 Å². The Morgan fingerprint density at radius 3 is 2.94 bits per heavy atom. The maximum atomic E-state index is 9.57. The van der Waals surface area contributed by atoms with Gasteiger partial charge in [0.1, 0.15) is 12.4 Å². The van der Waals surface area contributed by atoms with Gasteiger partial charge in [0.15, 0.2) is 0 Å². The number of halogens is 1. The van der Waals surface area contributed by atoms with Crippen LogP contribution in [0.3, 0.4) is 0 Å². The molecule has 100 valence electrons. The molecule has 0 radical (unpaired) electrons. The third-order valence-corrected chi connectivity index (χ3v) is 3.72. The summed E-state index contributed by atoms with van der Waals surface area (Å²) in [5, 5.41) is 13.1. The van der Waals surface area contributed by atoms with Gasteiger partial charge in [-0.3, -0.25) is 0 Å². The van der Waals surface area contributed by atoms with Crippen molar-refractivity contribution < 1.29 is 9.84 Å². The Balaban J connectivity index is 1.99. The molecule has 0 heterocycles. The number of benzene rings is 1. The lowest BCUT2D eigenvalue weighted by atomic mass is 10.2. The molecule has 3 nitrogen and oxygen atoms in total. The molecule has 1 aliphatic carbocycles. The van der Waals surface area contributed by atoms with E-state index in [2.05, 4.69) is 27.3 Å². The van der Waals surface area contributed by atoms with Gasteiger partial charge < -0.3 is 15.2 Å². The highest BCUT2D eigenvalue weighted by atomic mass is 79.9. The van der Waals surface area contributed by atoms with Crippen molar-refractivity contribution in [2.45, 2.75) is 44.9 Å². The lowest BCUT2D eigenvalue weighted by Gasteiger charge is -2.15. The number of aliphatic hydroxyl groups is 1. The van der Waals surface area contributed by atoms with Gasteiger partial charge in [-0.25, -0.2) is 0 Å². The maximum absolute atomic E-state index is 9.57. The second-order valence-corrected chi connectivity index (χ2v) is 5.61. The van der Waals surface area contributed by atoms with E-state index >= 15 is 0 Å². The predicted molar refractivity (Wildman–Crippen MR) is 75.8 cm³/mol. The first-order chi connectivity index (χ1) is 8.70. The smallest absolute Gasteiger partial charge is 0.138 e. The normalized spacial score (nSPS) is 16.6. The van der Waals surface area contributed by atoms with E-state index in [0.29, 0.717) is 19.1 Å². The summed E-state index contributed by atoms with van der Waals surface area (Å²) in [6, 6.07) is 6.72. The van der Waals surface area contributed by atoms with Crippen molar-refractivity contribution in [2.24, 2.45) is 0 Å². The monoisotopic (exact) mass is 313 g/mol. The van der Waals surface area contributed by atoms with E-state index in [4.69, 9.17) is 4.74 Å². The van der Waals surface area contributed by atoms with E-state index in [-0.39, 0.29) is 0 Å². The van der Waals surface area contributed by atoms with Crippen LogP contribution < -0.4 is 10.1 Å². The number of ether oxygens (including phenoxy) is 1. The van der Waals surface area contributed by atoms with Crippen molar-refractivity contribution >= 4 is 15.9 Å². The summed E-state index contributed by atoms with van der Waals surface area (Å²) in [6.45, 7) is 3.11. The first kappa shape index (κ1) is 13.8. The van der Waals surface area contributed by atoms with Crippen molar-refractivity contribution in [3.8, 4) is 5.75 Å². The average Bonchev–Trinajstić information content (AvgIpc) is 3.18. The van der Waals surface area contributed by atoms with Crippen LogP contribution in [0.4, 0.5) is 0 Å². The molecule has 0 amide bonds. The third kappa shape index (κ3) is 3.97. The number of hydrogen-bond donors (Lipinski definition) is 2. The van der Waals surface area contributed by atoms with Crippen LogP contribution in [0.5, 0.6) is 5.75 Å². The Labute approximate surface area is 117 Å². The molecule has 0 bridgehead atoms. The van der Waals surface area contributed by atoms with Crippen LogP contribution in [0.1, 0.15) is 31.7 Å². The molecule has 1 aromatic carbocycles. The molecule has 2 N–H and O–H groups in total. The molecule has 1 saturated carbocycles. The van der Waals surface area contributed by atoms with Crippen molar-refractivity contribution in [2.75, 3.05) is 6.61 Å². The van der Waals surface area contributed by atoms with Crippen molar-refractivity contribution in [1.29, 1.82) is 0 Å². The van der Waals surface area contributed by atoms with Crippen molar-refractivity contribution in [3.05, 3.63) is 28.2 Å². The Kier molecular flexibility index (Phi) is 5.03. The first-order valence-corrected chi connectivity index (χ1v) is 7.31. The highest BCUT2D eigenvalue weighted by molar-refractivity contribution is 9.10. The van der Waals surface area contributed by atoms with E-state index in [0.717, 1.165) is 22.3 Å². The fourth-order valence-corrected chi connectivity index (χ4v) is 2.22. The standard InChI is InChI=1S/C14H20BrNO2/c1-2-12(17)9-18-14-10(4-3-5-13(14)15)8-16-11-6-7-11/h3-5,11-12,16-17H,2,6-9H2,1H3. The molecule has 1 aromatic rings. The van der Waals surface area contributed by atoms with Crippen LogP contribution in [-0.4, -0.2) is 23.9 Å². The number of nitrogens with one attached hydrogen (secondary N) is 1. The summed E-state index contributed by atoms with van der Waals surface area (Å²) in [5.74, 6) is 0.846. The Bertz CT molecular complexity index is 393. The Morgan fingerprint density at radius 1 is 1.50 bits per heavy atom. The van der Waals surface area contributed by atoms with E-state index in [1.165, 1.54) is 12.8 Å². The van der Waals surface area contributed by atoms with Gasteiger partial charge in [0.05, 0.1) is 10.6 Å². The first-order valence-electron chi connectivity index (χ1n) is 6.52. The van der Waals surface area contributed by atoms with Crippen molar-refractivity contribution in [3.63, 3.8) is 0 Å². The van der Waals surface area contributed by atoms with Crippen LogP contribution in [0.25, 0.3) is 0 Å². The van der Waals surface area contributed by atoms with Crippen LogP contribution in [-0.2, 0) is 6.54 Å². The SMILES string of the molecule is CCC(O)COc1c(Br)cccc1CNC1CC1. The number of para-hydroxylation sites is 1. The summed E-state index contributed by atoms with van der Waals surface area (Å²) in [7, 11) is 0. The molecule has 0 saturated heterocycles. The van der Waals surface area contributed by atoms with Gasteiger partial charge in [-0.05, 0) is 41.3 Å². The molecule has 1 unspecified atom stereocenters. The van der Waals surface area contributed by atoms with Gasteiger partial charge in [0, 0.05) is 18.2 Å². The zero-order chi connectivity index (χ0) is 13.0. The molecule has 2 rings (SSSR count). The molecule has 0 spiro atoms. The molecule has 0 aliphatic heterocycles. The fourth-order valence-electron chi connectivity index (χ4n) is 1.69. The minimum absolute atomic E-state index is 0.343. The van der Waals surface area contributed by atoms with Crippen LogP contribution in [0.15, 0.2) is 22.7 Å². The second-order valence-electron chi connectivity index (χ2n) is 4.76. The summed E-state index contributed by atoms with van der Waals surface area (Å²) in [6.07, 6.45) is 2.86. The van der Waals surface area contributed by atoms with E-state index < -0.39 is 6.10 Å². The summed E-state index contributed by atoms with van der Waals surface area (Å²) >= 11 is 3.51. The molecule has 1 fully saturated rings. The molecular formula is C14H20BrNO2. The van der Waals surface area contributed by atoms with Gasteiger partial charge in [-0.1, -0.05) is 19.1 Å². The maximum Gasteiger partial charge on any atom is 0.138 e. The number of rotatable bonds is 7. The molecular weight excluding hydrogens is 294 g/mol. The van der Waals surface area contributed by atoms with Gasteiger partial charge in [0.25, 0.3) is 0 Å². The average molecular weight is 314 g/mol.